The van der Waals surface area contributed by atoms with Crippen LogP contribution in [0.5, 0.6) is 5.75 Å². The van der Waals surface area contributed by atoms with Crippen molar-refractivity contribution in [2.45, 2.75) is 6.61 Å². The van der Waals surface area contributed by atoms with Crippen LogP contribution in [0.1, 0.15) is 11.1 Å². The molecule has 21 heavy (non-hydrogen) atoms. The summed E-state index contributed by atoms with van der Waals surface area (Å²) < 4.78 is 7.43. The zero-order valence-electron chi connectivity index (χ0n) is 10.7. The number of amidine groups is 1. The van der Waals surface area contributed by atoms with Crippen LogP contribution in [-0.2, 0) is 6.61 Å². The fraction of sp³-hybridized carbons (Fsp3) is 0.0714. The van der Waals surface area contributed by atoms with Gasteiger partial charge in [-0.3, -0.25) is 0 Å². The number of hydrogen-bond donors (Lipinski definition) is 2. The molecule has 4 nitrogen and oxygen atoms in total. The fourth-order valence-electron chi connectivity index (χ4n) is 1.68. The lowest BCUT2D eigenvalue weighted by atomic mass is 10.2. The topological polar surface area (TPSA) is 67.8 Å². The van der Waals surface area contributed by atoms with Crippen molar-refractivity contribution >= 4 is 49.3 Å². The molecule has 0 atom stereocenters. The first kappa shape index (κ1) is 16.1. The van der Waals surface area contributed by atoms with E-state index in [1.807, 2.05) is 18.2 Å². The van der Waals surface area contributed by atoms with Crippen LogP contribution in [-0.4, -0.2) is 11.0 Å². The van der Waals surface area contributed by atoms with Gasteiger partial charge >= 0.3 is 0 Å². The minimum absolute atomic E-state index is 0.0202. The molecule has 0 aliphatic carbocycles. The van der Waals surface area contributed by atoms with Gasteiger partial charge in [0.25, 0.3) is 0 Å². The average Bonchev–Trinajstić information content (AvgIpc) is 2.46. The molecule has 0 heterocycles. The molecule has 0 amide bonds. The molecule has 0 radical (unpaired) electrons. The molecular formula is C14H11Br2ClN2O2. The summed E-state index contributed by atoms with van der Waals surface area (Å²) in [5.74, 6) is 0.487. The Morgan fingerprint density at radius 2 is 1.86 bits per heavy atom. The minimum atomic E-state index is -0.0202. The van der Waals surface area contributed by atoms with Gasteiger partial charge in [-0.15, -0.1) is 0 Å². The molecule has 0 aromatic heterocycles. The number of ether oxygens (including phenoxy) is 1. The van der Waals surface area contributed by atoms with Crippen molar-refractivity contribution in [2.24, 2.45) is 10.9 Å². The molecule has 7 heteroatoms. The zero-order valence-corrected chi connectivity index (χ0v) is 14.6. The SMILES string of the molecule is N/C(=N/O)c1cc(Br)ccc1OCc1ccc(Br)cc1Cl. The van der Waals surface area contributed by atoms with Gasteiger partial charge in [-0.25, -0.2) is 0 Å². The molecule has 0 unspecified atom stereocenters. The first-order chi connectivity index (χ1) is 10.0. The predicted octanol–water partition coefficient (Wildman–Crippen LogP) is 4.54. The van der Waals surface area contributed by atoms with Gasteiger partial charge in [-0.05, 0) is 30.3 Å². The number of benzene rings is 2. The number of halogens is 3. The van der Waals surface area contributed by atoms with Crippen molar-refractivity contribution in [3.05, 3.63) is 61.5 Å². The molecule has 0 aliphatic heterocycles. The van der Waals surface area contributed by atoms with E-state index in [0.717, 1.165) is 14.5 Å². The Labute approximate surface area is 143 Å². The van der Waals surface area contributed by atoms with Crippen LogP contribution in [0.25, 0.3) is 0 Å². The van der Waals surface area contributed by atoms with Crippen LogP contribution in [0, 0.1) is 0 Å². The van der Waals surface area contributed by atoms with Crippen molar-refractivity contribution in [3.8, 4) is 5.75 Å². The van der Waals surface area contributed by atoms with Crippen LogP contribution < -0.4 is 10.5 Å². The van der Waals surface area contributed by atoms with Crippen molar-refractivity contribution in [3.63, 3.8) is 0 Å². The third kappa shape index (κ3) is 4.12. The van der Waals surface area contributed by atoms with E-state index in [1.54, 1.807) is 18.2 Å². The van der Waals surface area contributed by atoms with Gasteiger partial charge in [-0.2, -0.15) is 0 Å². The third-order valence-electron chi connectivity index (χ3n) is 2.72. The molecule has 0 spiro atoms. The van der Waals surface area contributed by atoms with E-state index in [0.29, 0.717) is 16.3 Å². The number of oxime groups is 1. The second-order valence-electron chi connectivity index (χ2n) is 4.15. The van der Waals surface area contributed by atoms with Gasteiger partial charge in [0.1, 0.15) is 12.4 Å². The summed E-state index contributed by atoms with van der Waals surface area (Å²) in [6.45, 7) is 0.277. The molecule has 2 aromatic carbocycles. The quantitative estimate of drug-likeness (QED) is 0.321. The number of rotatable bonds is 4. The standard InChI is InChI=1S/C14H11Br2ClN2O2/c15-9-3-4-13(11(5-9)14(18)19-20)21-7-8-1-2-10(16)6-12(8)17/h1-6,20H,7H2,(H2,18,19). The van der Waals surface area contributed by atoms with E-state index in [4.69, 9.17) is 27.3 Å². The van der Waals surface area contributed by atoms with Crippen LogP contribution in [0.15, 0.2) is 50.5 Å². The summed E-state index contributed by atoms with van der Waals surface area (Å²) in [6, 6.07) is 10.8. The summed E-state index contributed by atoms with van der Waals surface area (Å²) in [5, 5.41) is 12.4. The number of nitrogens with two attached hydrogens (primary N) is 1. The Morgan fingerprint density at radius 1 is 1.19 bits per heavy atom. The monoisotopic (exact) mass is 432 g/mol. The normalized spacial score (nSPS) is 11.5. The second-order valence-corrected chi connectivity index (χ2v) is 6.39. The average molecular weight is 435 g/mol. The van der Waals surface area contributed by atoms with Crippen molar-refractivity contribution < 1.29 is 9.94 Å². The molecule has 0 saturated carbocycles. The molecule has 110 valence electrons. The Kier molecular flexibility index (Phi) is 5.50. The highest BCUT2D eigenvalue weighted by molar-refractivity contribution is 9.10. The largest absolute Gasteiger partial charge is 0.488 e. The van der Waals surface area contributed by atoms with Crippen molar-refractivity contribution in [2.75, 3.05) is 0 Å². The summed E-state index contributed by atoms with van der Waals surface area (Å²) in [7, 11) is 0. The third-order valence-corrected chi connectivity index (χ3v) is 4.06. The Hall–Kier alpha value is -1.24. The molecule has 2 rings (SSSR count). The van der Waals surface area contributed by atoms with Gasteiger partial charge in [0.05, 0.1) is 5.56 Å². The number of hydrogen-bond acceptors (Lipinski definition) is 3. The summed E-state index contributed by atoms with van der Waals surface area (Å²) in [4.78, 5) is 0. The predicted molar refractivity (Wildman–Crippen MR) is 90.1 cm³/mol. The molecule has 0 saturated heterocycles. The number of nitrogens with zero attached hydrogens (tertiary/aromatic N) is 1. The maximum absolute atomic E-state index is 8.83. The Morgan fingerprint density at radius 3 is 2.52 bits per heavy atom. The first-order valence-electron chi connectivity index (χ1n) is 5.85. The highest BCUT2D eigenvalue weighted by atomic mass is 79.9. The van der Waals surface area contributed by atoms with Gasteiger partial charge in [0.2, 0.25) is 0 Å². The molecule has 0 aliphatic rings. The molecule has 0 fully saturated rings. The van der Waals surface area contributed by atoms with Gasteiger partial charge in [-0.1, -0.05) is 54.7 Å². The maximum atomic E-state index is 8.83. The van der Waals surface area contributed by atoms with Crippen LogP contribution in [0.3, 0.4) is 0 Å². The van der Waals surface area contributed by atoms with Crippen LogP contribution in [0.4, 0.5) is 0 Å². The lowest BCUT2D eigenvalue weighted by molar-refractivity contribution is 0.303. The van der Waals surface area contributed by atoms with E-state index in [1.165, 1.54) is 0 Å². The smallest absolute Gasteiger partial charge is 0.173 e. The van der Waals surface area contributed by atoms with Gasteiger partial charge < -0.3 is 15.7 Å². The van der Waals surface area contributed by atoms with Crippen LogP contribution in [0.2, 0.25) is 5.02 Å². The fourth-order valence-corrected chi connectivity index (χ4v) is 2.77. The minimum Gasteiger partial charge on any atom is -0.488 e. The van der Waals surface area contributed by atoms with Gasteiger partial charge in [0, 0.05) is 19.5 Å². The lowest BCUT2D eigenvalue weighted by Crippen LogP contribution is -2.15. The van der Waals surface area contributed by atoms with E-state index in [-0.39, 0.29) is 12.4 Å². The molecular weight excluding hydrogens is 423 g/mol. The summed E-state index contributed by atoms with van der Waals surface area (Å²) in [5.41, 5.74) is 6.99. The van der Waals surface area contributed by atoms with Gasteiger partial charge in [0.15, 0.2) is 5.84 Å². The summed E-state index contributed by atoms with van der Waals surface area (Å²) >= 11 is 12.8. The van der Waals surface area contributed by atoms with Crippen molar-refractivity contribution in [1.29, 1.82) is 0 Å². The van der Waals surface area contributed by atoms with Crippen LogP contribution >= 0.6 is 43.5 Å². The van der Waals surface area contributed by atoms with E-state index in [2.05, 4.69) is 37.0 Å². The Balaban J connectivity index is 2.24. The summed E-state index contributed by atoms with van der Waals surface area (Å²) in [6.07, 6.45) is 0. The highest BCUT2D eigenvalue weighted by Gasteiger charge is 2.10. The van der Waals surface area contributed by atoms with Crippen molar-refractivity contribution in [1.82, 2.24) is 0 Å². The first-order valence-corrected chi connectivity index (χ1v) is 7.82. The molecule has 2 aromatic rings. The molecule has 0 bridgehead atoms. The van der Waals surface area contributed by atoms with E-state index in [9.17, 15) is 0 Å². The zero-order chi connectivity index (χ0) is 15.4. The highest BCUT2D eigenvalue weighted by Crippen LogP contribution is 2.26. The Bertz CT molecular complexity index is 693. The second kappa shape index (κ2) is 7.15. The van der Waals surface area contributed by atoms with E-state index >= 15 is 0 Å². The lowest BCUT2D eigenvalue weighted by Gasteiger charge is -2.12. The van der Waals surface area contributed by atoms with E-state index < -0.39 is 0 Å². The molecule has 3 N–H and O–H groups in total. The maximum Gasteiger partial charge on any atom is 0.173 e.